The number of aliphatic hydroxyl groups excluding tert-OH is 1. The molecule has 0 amide bonds. The van der Waals surface area contributed by atoms with Crippen LogP contribution in [0.2, 0.25) is 0 Å². The average Bonchev–Trinajstić information content (AvgIpc) is 3.09. The number of fused-ring (bicyclic) bond motifs is 7. The summed E-state index contributed by atoms with van der Waals surface area (Å²) in [5, 5.41) is 19.0. The number of allylic oxidation sites excluding steroid dienone is 2. The van der Waals surface area contributed by atoms with Gasteiger partial charge < -0.3 is 9.84 Å². The van der Waals surface area contributed by atoms with E-state index in [-0.39, 0.29) is 43.5 Å². The molecule has 5 nitrogen and oxygen atoms in total. The summed E-state index contributed by atoms with van der Waals surface area (Å²) in [6.07, 6.45) is 7.78. The Morgan fingerprint density at radius 3 is 2.22 bits per heavy atom. The fourth-order valence-corrected chi connectivity index (χ4v) is 7.20. The number of ketones is 1. The third-order valence-corrected chi connectivity index (χ3v) is 9.97. The molecular weight excluding hydrogens is 797 g/mol. The van der Waals surface area contributed by atoms with Crippen molar-refractivity contribution in [3.63, 3.8) is 0 Å². The van der Waals surface area contributed by atoms with Crippen LogP contribution in [-0.2, 0) is 31.3 Å². The topological polar surface area (TPSA) is 72.3 Å². The van der Waals surface area contributed by atoms with Crippen molar-refractivity contribution < 1.29 is 34.7 Å². The van der Waals surface area contributed by atoms with Gasteiger partial charge in [0.2, 0.25) is 0 Å². The monoisotopic (exact) mass is 844 g/mol. The minimum atomic E-state index is 0. The number of aromatic nitrogens is 2. The largest absolute Gasteiger partial charge is 0.512 e. The van der Waals surface area contributed by atoms with Gasteiger partial charge in [-0.3, -0.25) is 14.8 Å². The summed E-state index contributed by atoms with van der Waals surface area (Å²) in [4.78, 5) is 21.4. The van der Waals surface area contributed by atoms with E-state index in [9.17, 15) is 9.90 Å². The molecule has 0 atom stereocenters. The van der Waals surface area contributed by atoms with Crippen LogP contribution in [0.4, 0.5) is 0 Å². The minimum absolute atomic E-state index is 0. The van der Waals surface area contributed by atoms with Crippen molar-refractivity contribution >= 4 is 48.9 Å². The Hall–Kier alpha value is -4.12. The number of benzene rings is 4. The quantitative estimate of drug-likeness (QED) is 0.0678. The third-order valence-electron chi connectivity index (χ3n) is 9.97. The summed E-state index contributed by atoms with van der Waals surface area (Å²) in [5.74, 6) is 2.77. The molecule has 4 aromatic carbocycles. The van der Waals surface area contributed by atoms with Crippen molar-refractivity contribution in [3.8, 4) is 22.8 Å². The predicted octanol–water partition coefficient (Wildman–Crippen LogP) is 12.0. The van der Waals surface area contributed by atoms with Crippen molar-refractivity contribution in [2.45, 2.75) is 80.6 Å². The molecule has 6 heteroatoms. The standard InChI is InChI=1S/C31H23N2O.C13H24O2.Ir/c1-17(2)12-21-15-25-22(18(3)33-21)8-9-23-24-10-11-32-31-27-13-19-6-4-5-7-20(19)14-28(27)34-29(30(24)31)16-26(23)25;1-5-10(6-2)12(14)9-13(15)11(7-3)8-4;/h4-11,14-17H,12H2,1-3H3;9-11,14H,5-8H2,1-4H3;/q-1;;/b;12-9-;. The van der Waals surface area contributed by atoms with Crippen molar-refractivity contribution in [2.24, 2.45) is 17.8 Å². The van der Waals surface area contributed by atoms with Gasteiger partial charge in [-0.1, -0.05) is 88.9 Å². The second-order valence-electron chi connectivity index (χ2n) is 13.7. The van der Waals surface area contributed by atoms with E-state index in [1.54, 1.807) is 0 Å². The van der Waals surface area contributed by atoms with E-state index in [0.717, 1.165) is 87.8 Å². The molecule has 50 heavy (non-hydrogen) atoms. The van der Waals surface area contributed by atoms with Gasteiger partial charge in [-0.15, -0.1) is 17.5 Å². The van der Waals surface area contributed by atoms with Crippen LogP contribution in [0.5, 0.6) is 11.5 Å². The second kappa shape index (κ2) is 15.8. The number of aliphatic hydroxyl groups is 1. The van der Waals surface area contributed by atoms with Gasteiger partial charge in [0.1, 0.15) is 5.75 Å². The van der Waals surface area contributed by atoms with Crippen LogP contribution in [0.1, 0.15) is 78.6 Å². The Labute approximate surface area is 309 Å². The number of carbonyl (C=O) groups excluding carboxylic acids is 1. The van der Waals surface area contributed by atoms with E-state index >= 15 is 0 Å². The van der Waals surface area contributed by atoms with E-state index in [1.165, 1.54) is 27.6 Å². The normalized spacial score (nSPS) is 12.3. The van der Waals surface area contributed by atoms with Crippen LogP contribution in [0.25, 0.3) is 54.3 Å². The van der Waals surface area contributed by atoms with Gasteiger partial charge in [0, 0.05) is 72.1 Å². The molecule has 1 N–H and O–H groups in total. The zero-order chi connectivity index (χ0) is 34.8. The first-order valence-electron chi connectivity index (χ1n) is 17.9. The number of pyridine rings is 2. The van der Waals surface area contributed by atoms with Gasteiger partial charge in [-0.05, 0) is 84.7 Å². The molecule has 0 bridgehead atoms. The summed E-state index contributed by atoms with van der Waals surface area (Å²) >= 11 is 0. The molecule has 2 aromatic heterocycles. The smallest absolute Gasteiger partial charge is 0.162 e. The molecule has 7 rings (SSSR count). The Morgan fingerprint density at radius 1 is 0.840 bits per heavy atom. The predicted molar refractivity (Wildman–Crippen MR) is 204 cm³/mol. The number of ether oxygens (including phenoxy) is 1. The molecule has 1 aliphatic rings. The maximum absolute atomic E-state index is 11.7. The molecule has 0 aliphatic carbocycles. The van der Waals surface area contributed by atoms with Crippen LogP contribution < -0.4 is 4.74 Å². The summed E-state index contributed by atoms with van der Waals surface area (Å²) in [6, 6.07) is 24.9. The van der Waals surface area contributed by atoms with Crippen LogP contribution in [0.15, 0.2) is 78.7 Å². The number of rotatable bonds is 9. The number of nitrogens with zero attached hydrogens (tertiary/aromatic N) is 2. The van der Waals surface area contributed by atoms with Gasteiger partial charge in [0.25, 0.3) is 0 Å². The third kappa shape index (κ3) is 7.20. The zero-order valence-corrected chi connectivity index (χ0v) is 32.6. The number of aryl methyl sites for hydroxylation is 1. The van der Waals surface area contributed by atoms with E-state index < -0.39 is 0 Å². The van der Waals surface area contributed by atoms with Gasteiger partial charge in [-0.25, -0.2) is 0 Å². The Bertz CT molecular complexity index is 2210. The number of carbonyl (C=O) groups is 1. The maximum atomic E-state index is 11.7. The van der Waals surface area contributed by atoms with Crippen LogP contribution in [-0.4, -0.2) is 20.9 Å². The Balaban J connectivity index is 0.000000261. The van der Waals surface area contributed by atoms with Crippen molar-refractivity contribution in [2.75, 3.05) is 0 Å². The van der Waals surface area contributed by atoms with E-state index in [2.05, 4.69) is 75.4 Å². The molecule has 3 heterocycles. The zero-order valence-electron chi connectivity index (χ0n) is 30.2. The van der Waals surface area contributed by atoms with Gasteiger partial charge in [0.15, 0.2) is 5.78 Å². The molecule has 6 aromatic rings. The van der Waals surface area contributed by atoms with Crippen molar-refractivity contribution in [3.05, 3.63) is 96.1 Å². The minimum Gasteiger partial charge on any atom is -0.512 e. The summed E-state index contributed by atoms with van der Waals surface area (Å²) in [7, 11) is 0. The van der Waals surface area contributed by atoms with E-state index in [0.29, 0.717) is 5.92 Å². The number of hydrogen-bond acceptors (Lipinski definition) is 5. The maximum Gasteiger partial charge on any atom is 0.162 e. The first-order chi connectivity index (χ1) is 23.7. The molecule has 0 fully saturated rings. The van der Waals surface area contributed by atoms with Gasteiger partial charge in [0.05, 0.1) is 11.5 Å². The molecule has 261 valence electrons. The SMILES string of the molecule is CCC(CC)C(=O)/C=C(\O)C(CC)CC.Cc1nc(CC(C)C)cc2c1ccc1c3ccnc4c3c(cc21)Oc1cc2ccccc2[c-]c1-4.[Ir]. The number of hydrogen-bond donors (Lipinski definition) is 1. The Morgan fingerprint density at radius 2 is 1.52 bits per heavy atom. The van der Waals surface area contributed by atoms with E-state index in [1.807, 2.05) is 46.0 Å². The molecular formula is C44H47IrN2O3-. The Kier molecular flexibility index (Phi) is 11.8. The first-order valence-corrected chi connectivity index (χ1v) is 17.9. The summed E-state index contributed by atoms with van der Waals surface area (Å²) in [5.41, 5.74) is 4.08. The van der Waals surface area contributed by atoms with Crippen LogP contribution in [0, 0.1) is 30.7 Å². The van der Waals surface area contributed by atoms with Crippen LogP contribution in [0.3, 0.4) is 0 Å². The molecule has 1 radical (unpaired) electrons. The van der Waals surface area contributed by atoms with Gasteiger partial charge in [-0.2, -0.15) is 0 Å². The van der Waals surface area contributed by atoms with E-state index in [4.69, 9.17) is 14.7 Å². The molecule has 0 saturated heterocycles. The van der Waals surface area contributed by atoms with Crippen molar-refractivity contribution in [1.29, 1.82) is 0 Å². The summed E-state index contributed by atoms with van der Waals surface area (Å²) < 4.78 is 6.55. The molecule has 1 aliphatic heterocycles. The molecule has 0 spiro atoms. The van der Waals surface area contributed by atoms with Crippen molar-refractivity contribution in [1.82, 2.24) is 9.97 Å². The molecule has 0 saturated carbocycles. The van der Waals surface area contributed by atoms with Gasteiger partial charge >= 0.3 is 0 Å². The first kappa shape index (κ1) is 37.1. The fourth-order valence-electron chi connectivity index (χ4n) is 7.20. The molecule has 0 unspecified atom stereocenters. The van der Waals surface area contributed by atoms with Crippen LogP contribution >= 0.6 is 0 Å². The fraction of sp³-hybridized carbons (Fsp3) is 0.341. The second-order valence-corrected chi connectivity index (χ2v) is 13.7. The average molecular weight is 844 g/mol. The summed E-state index contributed by atoms with van der Waals surface area (Å²) in [6.45, 7) is 14.7.